The molecule has 96 valence electrons. The Morgan fingerprint density at radius 3 is 2.83 bits per heavy atom. The van der Waals surface area contributed by atoms with Gasteiger partial charge in [-0.25, -0.2) is 0 Å². The number of ketones is 1. The molecule has 1 N–H and O–H groups in total. The van der Waals surface area contributed by atoms with Gasteiger partial charge in [0, 0.05) is 6.54 Å². The lowest BCUT2D eigenvalue weighted by atomic mass is 10.0. The van der Waals surface area contributed by atoms with Crippen LogP contribution < -0.4 is 10.1 Å². The average Bonchev–Trinajstić information content (AvgIpc) is 2.80. The molecule has 0 aromatic heterocycles. The smallest absolute Gasteiger partial charge is 0.174 e. The summed E-state index contributed by atoms with van der Waals surface area (Å²) < 4.78 is 5.34. The van der Waals surface area contributed by atoms with E-state index in [9.17, 15) is 4.79 Å². The van der Waals surface area contributed by atoms with Crippen molar-refractivity contribution in [2.24, 2.45) is 4.99 Å². The molecule has 2 rings (SSSR count). The minimum absolute atomic E-state index is 0.0480. The molecule has 0 aliphatic carbocycles. The average molecular weight is 246 g/mol. The number of hydrogen-bond donors (Lipinski definition) is 1. The number of rotatable bonds is 4. The van der Waals surface area contributed by atoms with Crippen LogP contribution in [0.3, 0.4) is 0 Å². The highest BCUT2D eigenvalue weighted by Gasteiger charge is 2.18. The zero-order valence-corrected chi connectivity index (χ0v) is 11.0. The van der Waals surface area contributed by atoms with Gasteiger partial charge in [-0.05, 0) is 31.0 Å². The fourth-order valence-corrected chi connectivity index (χ4v) is 2.25. The quantitative estimate of drug-likeness (QED) is 0.825. The van der Waals surface area contributed by atoms with Gasteiger partial charge in [-0.3, -0.25) is 9.79 Å². The molecule has 18 heavy (non-hydrogen) atoms. The van der Waals surface area contributed by atoms with Crippen molar-refractivity contribution >= 4 is 11.6 Å². The van der Waals surface area contributed by atoms with Crippen molar-refractivity contribution in [3.8, 4) is 5.75 Å². The first kappa shape index (κ1) is 12.6. The van der Waals surface area contributed by atoms with Gasteiger partial charge >= 0.3 is 0 Å². The number of aryl methyl sites for hydroxylation is 2. The van der Waals surface area contributed by atoms with Crippen LogP contribution in [-0.2, 0) is 0 Å². The third kappa shape index (κ3) is 2.53. The molecule has 0 unspecified atom stereocenters. The molecule has 1 heterocycles. The summed E-state index contributed by atoms with van der Waals surface area (Å²) in [4.78, 5) is 16.5. The molecule has 0 atom stereocenters. The summed E-state index contributed by atoms with van der Waals surface area (Å²) in [6.45, 7) is 5.52. The summed E-state index contributed by atoms with van der Waals surface area (Å²) >= 11 is 0. The van der Waals surface area contributed by atoms with Gasteiger partial charge in [-0.2, -0.15) is 0 Å². The van der Waals surface area contributed by atoms with E-state index in [2.05, 4.69) is 10.3 Å². The summed E-state index contributed by atoms with van der Waals surface area (Å²) in [7, 11) is 1.60. The van der Waals surface area contributed by atoms with Crippen molar-refractivity contribution in [1.29, 1.82) is 0 Å². The highest BCUT2D eigenvalue weighted by molar-refractivity contribution is 6.10. The van der Waals surface area contributed by atoms with Crippen LogP contribution in [0.15, 0.2) is 17.1 Å². The molecule has 4 nitrogen and oxygen atoms in total. The van der Waals surface area contributed by atoms with Crippen molar-refractivity contribution in [2.45, 2.75) is 20.3 Å². The Balaban J connectivity index is 2.28. The Kier molecular flexibility index (Phi) is 3.65. The number of carbonyl (C=O) groups excluding carboxylic acids is 1. The highest BCUT2D eigenvalue weighted by Crippen LogP contribution is 2.26. The lowest BCUT2D eigenvalue weighted by Gasteiger charge is -2.12. The van der Waals surface area contributed by atoms with Crippen LogP contribution >= 0.6 is 0 Å². The first-order valence-electron chi connectivity index (χ1n) is 6.07. The summed E-state index contributed by atoms with van der Waals surface area (Å²) in [5, 5.41) is 3.11. The normalized spacial score (nSPS) is 14.1. The van der Waals surface area contributed by atoms with E-state index >= 15 is 0 Å². The Hall–Kier alpha value is -1.84. The van der Waals surface area contributed by atoms with Crippen molar-refractivity contribution in [1.82, 2.24) is 5.32 Å². The van der Waals surface area contributed by atoms with Crippen LogP contribution in [0.25, 0.3) is 0 Å². The van der Waals surface area contributed by atoms with E-state index in [0.717, 1.165) is 30.1 Å². The molecule has 0 bridgehead atoms. The van der Waals surface area contributed by atoms with Crippen molar-refractivity contribution in [3.63, 3.8) is 0 Å². The molecule has 0 amide bonds. The molecule has 0 saturated carbocycles. The number of nitrogens with zero attached hydrogens (tertiary/aromatic N) is 1. The first-order chi connectivity index (χ1) is 8.61. The maximum atomic E-state index is 12.3. The molecule has 4 heteroatoms. The van der Waals surface area contributed by atoms with E-state index in [1.165, 1.54) is 0 Å². The van der Waals surface area contributed by atoms with Gasteiger partial charge in [0.05, 0.1) is 25.6 Å². The molecule has 1 aliphatic heterocycles. The second-order valence-corrected chi connectivity index (χ2v) is 4.52. The third-order valence-corrected chi connectivity index (χ3v) is 3.00. The predicted molar refractivity (Wildman–Crippen MR) is 71.7 cm³/mol. The Bertz CT molecular complexity index is 507. The van der Waals surface area contributed by atoms with Gasteiger partial charge < -0.3 is 10.1 Å². The van der Waals surface area contributed by atoms with Crippen LogP contribution in [0.4, 0.5) is 0 Å². The number of Topliss-reactive ketones (excluding diaryl/α,β-unsaturated/α-hetero) is 1. The zero-order valence-electron chi connectivity index (χ0n) is 11.0. The maximum Gasteiger partial charge on any atom is 0.174 e. The SMILES string of the molecule is COc1c(C)cc(C)cc1C(=O)CC1=NCCN1. The lowest BCUT2D eigenvalue weighted by Crippen LogP contribution is -2.22. The Morgan fingerprint density at radius 1 is 1.44 bits per heavy atom. The molecule has 0 fully saturated rings. The summed E-state index contributed by atoms with van der Waals surface area (Å²) in [6, 6.07) is 3.89. The minimum atomic E-state index is 0.0480. The van der Waals surface area contributed by atoms with E-state index < -0.39 is 0 Å². The minimum Gasteiger partial charge on any atom is -0.496 e. The van der Waals surface area contributed by atoms with Crippen LogP contribution in [0.2, 0.25) is 0 Å². The molecule has 1 aromatic carbocycles. The zero-order chi connectivity index (χ0) is 13.1. The van der Waals surface area contributed by atoms with Gasteiger partial charge in [0.25, 0.3) is 0 Å². The topological polar surface area (TPSA) is 50.7 Å². The van der Waals surface area contributed by atoms with E-state index in [-0.39, 0.29) is 5.78 Å². The van der Waals surface area contributed by atoms with Crippen LogP contribution in [0, 0.1) is 13.8 Å². The number of ether oxygens (including phenoxy) is 1. The van der Waals surface area contributed by atoms with Crippen molar-refractivity contribution < 1.29 is 9.53 Å². The van der Waals surface area contributed by atoms with Gasteiger partial charge in [0.15, 0.2) is 5.78 Å². The monoisotopic (exact) mass is 246 g/mol. The van der Waals surface area contributed by atoms with Gasteiger partial charge in [-0.1, -0.05) is 6.07 Å². The standard InChI is InChI=1S/C14H18N2O2/c1-9-6-10(2)14(18-3)11(7-9)12(17)8-13-15-4-5-16-13/h6-7H,4-5,8H2,1-3H3,(H,15,16). The Labute approximate surface area is 107 Å². The Morgan fingerprint density at radius 2 is 2.22 bits per heavy atom. The fourth-order valence-electron chi connectivity index (χ4n) is 2.25. The number of methoxy groups -OCH3 is 1. The predicted octanol–water partition coefficient (Wildman–Crippen LogP) is 1.89. The number of hydrogen-bond acceptors (Lipinski definition) is 4. The fraction of sp³-hybridized carbons (Fsp3) is 0.429. The summed E-state index contributed by atoms with van der Waals surface area (Å²) in [5.41, 5.74) is 2.70. The van der Waals surface area contributed by atoms with Crippen molar-refractivity contribution in [3.05, 3.63) is 28.8 Å². The number of aliphatic imine (C=N–C) groups is 1. The van der Waals surface area contributed by atoms with E-state index in [4.69, 9.17) is 4.74 Å². The van der Waals surface area contributed by atoms with Gasteiger partial charge in [0.1, 0.15) is 11.6 Å². The van der Waals surface area contributed by atoms with Crippen molar-refractivity contribution in [2.75, 3.05) is 20.2 Å². The van der Waals surface area contributed by atoms with Gasteiger partial charge in [0.2, 0.25) is 0 Å². The molecule has 0 radical (unpaired) electrons. The van der Waals surface area contributed by atoms with Crippen LogP contribution in [-0.4, -0.2) is 31.8 Å². The molecule has 1 aliphatic rings. The highest BCUT2D eigenvalue weighted by atomic mass is 16.5. The number of carbonyl (C=O) groups is 1. The summed E-state index contributed by atoms with van der Waals surface area (Å²) in [5.74, 6) is 1.50. The maximum absolute atomic E-state index is 12.3. The number of amidine groups is 1. The number of nitrogens with one attached hydrogen (secondary N) is 1. The molecule has 0 spiro atoms. The van der Waals surface area contributed by atoms with E-state index in [0.29, 0.717) is 17.7 Å². The summed E-state index contributed by atoms with van der Waals surface area (Å²) in [6.07, 6.45) is 0.319. The molecular formula is C14H18N2O2. The first-order valence-corrected chi connectivity index (χ1v) is 6.07. The molecule has 1 aromatic rings. The van der Waals surface area contributed by atoms with E-state index in [1.54, 1.807) is 7.11 Å². The second kappa shape index (κ2) is 5.21. The largest absolute Gasteiger partial charge is 0.496 e. The molecular weight excluding hydrogens is 228 g/mol. The second-order valence-electron chi connectivity index (χ2n) is 4.52. The van der Waals surface area contributed by atoms with Gasteiger partial charge in [-0.15, -0.1) is 0 Å². The number of benzene rings is 1. The third-order valence-electron chi connectivity index (χ3n) is 3.00. The lowest BCUT2D eigenvalue weighted by molar-refractivity contribution is 0.0997. The molecule has 0 saturated heterocycles. The van der Waals surface area contributed by atoms with Crippen LogP contribution in [0.5, 0.6) is 5.75 Å². The van der Waals surface area contributed by atoms with Crippen LogP contribution in [0.1, 0.15) is 27.9 Å². The van der Waals surface area contributed by atoms with E-state index in [1.807, 2.05) is 26.0 Å².